The molecule has 2 heteroatoms. The number of amides is 1. The Balaban J connectivity index is 1.68. The summed E-state index contributed by atoms with van der Waals surface area (Å²) in [5, 5.41) is 5.56. The zero-order chi connectivity index (χ0) is 17.8. The van der Waals surface area contributed by atoms with Gasteiger partial charge in [-0.3, -0.25) is 4.79 Å². The predicted molar refractivity (Wildman–Crippen MR) is 105 cm³/mol. The fourth-order valence-electron chi connectivity index (χ4n) is 3.30. The number of carbonyl (C=O) groups is 1. The van der Waals surface area contributed by atoms with Crippen LogP contribution < -0.4 is 5.32 Å². The molecule has 3 aromatic rings. The molecule has 3 rings (SSSR count). The molecule has 0 saturated heterocycles. The van der Waals surface area contributed by atoms with Crippen molar-refractivity contribution in [2.75, 3.05) is 0 Å². The molecule has 0 aromatic heterocycles. The van der Waals surface area contributed by atoms with Crippen LogP contribution in [0.2, 0.25) is 0 Å². The van der Waals surface area contributed by atoms with Gasteiger partial charge < -0.3 is 5.32 Å². The SMILES string of the molecule is Cc1ccc([C@H](C)CC(=O)N[C@@H](C)c2cccc3ccccc23)cc1. The Morgan fingerprint density at radius 3 is 2.36 bits per heavy atom. The summed E-state index contributed by atoms with van der Waals surface area (Å²) in [5.74, 6) is 0.300. The topological polar surface area (TPSA) is 29.1 Å². The normalized spacial score (nSPS) is 13.4. The predicted octanol–water partition coefficient (Wildman–Crippen LogP) is 5.52. The van der Waals surface area contributed by atoms with E-state index in [0.29, 0.717) is 6.42 Å². The van der Waals surface area contributed by atoms with E-state index in [1.165, 1.54) is 21.9 Å². The van der Waals surface area contributed by atoms with Gasteiger partial charge in [0.05, 0.1) is 6.04 Å². The number of benzene rings is 3. The summed E-state index contributed by atoms with van der Waals surface area (Å²) in [4.78, 5) is 12.5. The molecule has 0 radical (unpaired) electrons. The maximum absolute atomic E-state index is 12.5. The quantitative estimate of drug-likeness (QED) is 0.655. The molecule has 0 spiro atoms. The smallest absolute Gasteiger partial charge is 0.221 e. The van der Waals surface area contributed by atoms with Crippen LogP contribution in [0.1, 0.15) is 48.9 Å². The van der Waals surface area contributed by atoms with Gasteiger partial charge in [0.25, 0.3) is 0 Å². The van der Waals surface area contributed by atoms with Gasteiger partial charge in [0, 0.05) is 6.42 Å². The van der Waals surface area contributed by atoms with E-state index in [1.807, 2.05) is 12.1 Å². The Morgan fingerprint density at radius 1 is 0.920 bits per heavy atom. The first-order valence-corrected chi connectivity index (χ1v) is 8.88. The highest BCUT2D eigenvalue weighted by Gasteiger charge is 2.15. The highest BCUT2D eigenvalue weighted by molar-refractivity contribution is 5.87. The van der Waals surface area contributed by atoms with Crippen LogP contribution in [-0.2, 0) is 4.79 Å². The number of aryl methyl sites for hydroxylation is 1. The summed E-state index contributed by atoms with van der Waals surface area (Å²) in [6, 6.07) is 23.0. The third-order valence-corrected chi connectivity index (χ3v) is 4.81. The zero-order valence-electron chi connectivity index (χ0n) is 15.1. The van der Waals surface area contributed by atoms with Crippen LogP contribution in [0, 0.1) is 6.92 Å². The average Bonchev–Trinajstić information content (AvgIpc) is 2.61. The second-order valence-electron chi connectivity index (χ2n) is 6.87. The lowest BCUT2D eigenvalue weighted by atomic mass is 9.96. The lowest BCUT2D eigenvalue weighted by Crippen LogP contribution is -2.27. The molecule has 0 heterocycles. The zero-order valence-corrected chi connectivity index (χ0v) is 15.1. The Kier molecular flexibility index (Phi) is 5.18. The summed E-state index contributed by atoms with van der Waals surface area (Å²) in [7, 11) is 0. The van der Waals surface area contributed by atoms with Gasteiger partial charge in [0.15, 0.2) is 0 Å². The molecule has 2 nitrogen and oxygen atoms in total. The van der Waals surface area contributed by atoms with Gasteiger partial charge in [0.1, 0.15) is 0 Å². The summed E-state index contributed by atoms with van der Waals surface area (Å²) in [5.41, 5.74) is 3.61. The maximum atomic E-state index is 12.5. The highest BCUT2D eigenvalue weighted by Crippen LogP contribution is 2.25. The third-order valence-electron chi connectivity index (χ3n) is 4.81. The number of hydrogen-bond donors (Lipinski definition) is 1. The van der Waals surface area contributed by atoms with Gasteiger partial charge in [-0.15, -0.1) is 0 Å². The van der Waals surface area contributed by atoms with Crippen LogP contribution in [0.5, 0.6) is 0 Å². The second kappa shape index (κ2) is 7.52. The molecule has 0 saturated carbocycles. The van der Waals surface area contributed by atoms with Crippen molar-refractivity contribution in [1.82, 2.24) is 5.32 Å². The van der Waals surface area contributed by atoms with Crippen molar-refractivity contribution >= 4 is 16.7 Å². The first-order chi connectivity index (χ1) is 12.0. The minimum Gasteiger partial charge on any atom is -0.350 e. The molecular formula is C23H25NO. The molecule has 0 aliphatic carbocycles. The number of fused-ring (bicyclic) bond motifs is 1. The van der Waals surface area contributed by atoms with Gasteiger partial charge >= 0.3 is 0 Å². The molecule has 128 valence electrons. The van der Waals surface area contributed by atoms with Gasteiger partial charge in [0.2, 0.25) is 5.91 Å². The van der Waals surface area contributed by atoms with Gasteiger partial charge in [-0.1, -0.05) is 79.2 Å². The van der Waals surface area contributed by atoms with E-state index in [2.05, 4.69) is 80.7 Å². The molecule has 0 bridgehead atoms. The first kappa shape index (κ1) is 17.2. The fraction of sp³-hybridized carbons (Fsp3) is 0.261. The standard InChI is InChI=1S/C23H25NO/c1-16-11-13-19(14-12-16)17(2)15-23(25)24-18(3)21-10-6-8-20-7-4-5-9-22(20)21/h4-14,17-18H,15H2,1-3H3,(H,24,25)/t17-,18+/m1/s1. The molecule has 3 aromatic carbocycles. The van der Waals surface area contributed by atoms with Crippen LogP contribution in [-0.4, -0.2) is 5.91 Å². The Bertz CT molecular complexity index is 861. The highest BCUT2D eigenvalue weighted by atomic mass is 16.1. The molecule has 0 unspecified atom stereocenters. The first-order valence-electron chi connectivity index (χ1n) is 8.88. The lowest BCUT2D eigenvalue weighted by Gasteiger charge is -2.18. The van der Waals surface area contributed by atoms with E-state index in [-0.39, 0.29) is 17.9 Å². The number of nitrogens with one attached hydrogen (secondary N) is 1. The number of rotatable bonds is 5. The van der Waals surface area contributed by atoms with E-state index in [0.717, 1.165) is 5.56 Å². The molecule has 0 aliphatic heterocycles. The minimum atomic E-state index is -0.0104. The third kappa shape index (κ3) is 4.08. The van der Waals surface area contributed by atoms with E-state index in [9.17, 15) is 4.79 Å². The van der Waals surface area contributed by atoms with Crippen molar-refractivity contribution < 1.29 is 4.79 Å². The van der Waals surface area contributed by atoms with Crippen LogP contribution >= 0.6 is 0 Å². The van der Waals surface area contributed by atoms with Crippen molar-refractivity contribution in [3.05, 3.63) is 83.4 Å². The molecule has 1 N–H and O–H groups in total. The van der Waals surface area contributed by atoms with E-state index < -0.39 is 0 Å². The Morgan fingerprint density at radius 2 is 1.60 bits per heavy atom. The van der Waals surface area contributed by atoms with Crippen molar-refractivity contribution in [3.8, 4) is 0 Å². The fourth-order valence-corrected chi connectivity index (χ4v) is 3.30. The molecule has 1 amide bonds. The van der Waals surface area contributed by atoms with Crippen molar-refractivity contribution in [2.45, 2.75) is 39.2 Å². The van der Waals surface area contributed by atoms with E-state index in [1.54, 1.807) is 0 Å². The summed E-state index contributed by atoms with van der Waals surface area (Å²) >= 11 is 0. The second-order valence-corrected chi connectivity index (χ2v) is 6.87. The maximum Gasteiger partial charge on any atom is 0.221 e. The summed E-state index contributed by atoms with van der Waals surface area (Å²) in [6.45, 7) is 6.23. The van der Waals surface area contributed by atoms with Crippen molar-refractivity contribution in [2.24, 2.45) is 0 Å². The van der Waals surface area contributed by atoms with E-state index >= 15 is 0 Å². The van der Waals surface area contributed by atoms with Gasteiger partial charge in [-0.25, -0.2) is 0 Å². The number of hydrogen-bond acceptors (Lipinski definition) is 1. The Hall–Kier alpha value is -2.61. The van der Waals surface area contributed by atoms with Crippen molar-refractivity contribution in [1.29, 1.82) is 0 Å². The van der Waals surface area contributed by atoms with Crippen LogP contribution in [0.25, 0.3) is 10.8 Å². The molecule has 25 heavy (non-hydrogen) atoms. The molecular weight excluding hydrogens is 306 g/mol. The molecule has 0 fully saturated rings. The van der Waals surface area contributed by atoms with Crippen LogP contribution in [0.15, 0.2) is 66.7 Å². The Labute approximate surface area is 149 Å². The largest absolute Gasteiger partial charge is 0.350 e. The monoisotopic (exact) mass is 331 g/mol. The van der Waals surface area contributed by atoms with Gasteiger partial charge in [-0.05, 0) is 41.7 Å². The van der Waals surface area contributed by atoms with Crippen LogP contribution in [0.3, 0.4) is 0 Å². The van der Waals surface area contributed by atoms with Gasteiger partial charge in [-0.2, -0.15) is 0 Å². The summed E-state index contributed by atoms with van der Waals surface area (Å²) in [6.07, 6.45) is 0.498. The van der Waals surface area contributed by atoms with Crippen LogP contribution in [0.4, 0.5) is 0 Å². The molecule has 0 aliphatic rings. The minimum absolute atomic E-state index is 0.0104. The lowest BCUT2D eigenvalue weighted by molar-refractivity contribution is -0.122. The van der Waals surface area contributed by atoms with Crippen molar-refractivity contribution in [3.63, 3.8) is 0 Å². The summed E-state index contributed by atoms with van der Waals surface area (Å²) < 4.78 is 0. The molecule has 2 atom stereocenters. The van der Waals surface area contributed by atoms with E-state index in [4.69, 9.17) is 0 Å². The number of carbonyl (C=O) groups excluding carboxylic acids is 1. The average molecular weight is 331 g/mol.